The van der Waals surface area contributed by atoms with E-state index < -0.39 is 22.3 Å². The lowest BCUT2D eigenvalue weighted by Gasteiger charge is -2.19. The van der Waals surface area contributed by atoms with Crippen LogP contribution in [-0.2, 0) is 16.6 Å². The molecule has 0 aliphatic carbocycles. The lowest BCUT2D eigenvalue weighted by Crippen LogP contribution is -2.27. The van der Waals surface area contributed by atoms with Gasteiger partial charge in [0.05, 0.1) is 7.11 Å². The van der Waals surface area contributed by atoms with Crippen molar-refractivity contribution >= 4 is 15.9 Å². The number of sulfonamides is 1. The van der Waals surface area contributed by atoms with Gasteiger partial charge in [-0.3, -0.25) is 4.79 Å². The van der Waals surface area contributed by atoms with Gasteiger partial charge < -0.3 is 14.4 Å². The van der Waals surface area contributed by atoms with Gasteiger partial charge in [-0.1, -0.05) is 12.1 Å². The van der Waals surface area contributed by atoms with Gasteiger partial charge in [0.2, 0.25) is 10.0 Å². The van der Waals surface area contributed by atoms with Gasteiger partial charge in [0.25, 0.3) is 5.91 Å². The zero-order chi connectivity index (χ0) is 21.8. The number of rotatable bonds is 7. The summed E-state index contributed by atoms with van der Waals surface area (Å²) in [5.41, 5.74) is 0.672. The number of carbonyl (C=O) groups is 1. The molecule has 0 atom stereocenters. The van der Waals surface area contributed by atoms with Gasteiger partial charge in [0, 0.05) is 19.2 Å². The van der Waals surface area contributed by atoms with Crippen molar-refractivity contribution in [1.29, 1.82) is 0 Å². The fourth-order valence-corrected chi connectivity index (χ4v) is 3.41. The summed E-state index contributed by atoms with van der Waals surface area (Å²) in [7, 11) is 0.179. The minimum absolute atomic E-state index is 0.0822. The molecule has 2 aromatic carbocycles. The van der Waals surface area contributed by atoms with E-state index in [1.165, 1.54) is 56.4 Å². The van der Waals surface area contributed by atoms with Crippen molar-refractivity contribution in [3.63, 3.8) is 0 Å². The second-order valence-corrected chi connectivity index (χ2v) is 7.78. The summed E-state index contributed by atoms with van der Waals surface area (Å²) in [5, 5.41) is 0. The van der Waals surface area contributed by atoms with Crippen molar-refractivity contribution in [2.45, 2.75) is 17.8 Å². The molecule has 0 bridgehead atoms. The third-order valence-corrected chi connectivity index (χ3v) is 5.33. The number of nitrogens with one attached hydrogen (secondary N) is 1. The number of alkyl halides is 3. The maximum Gasteiger partial charge on any atom is 0.573 e. The molecule has 0 fully saturated rings. The number of methoxy groups -OCH3 is 1. The maximum atomic E-state index is 12.7. The average molecular weight is 432 g/mol. The number of halogens is 3. The van der Waals surface area contributed by atoms with E-state index in [-0.39, 0.29) is 28.5 Å². The molecule has 0 aliphatic rings. The molecule has 2 aromatic rings. The molecule has 7 nitrogen and oxygen atoms in total. The molecule has 1 N–H and O–H groups in total. The van der Waals surface area contributed by atoms with E-state index in [9.17, 15) is 26.4 Å². The first kappa shape index (κ1) is 22.5. The van der Waals surface area contributed by atoms with Crippen LogP contribution in [0.1, 0.15) is 15.9 Å². The van der Waals surface area contributed by atoms with E-state index in [2.05, 4.69) is 9.46 Å². The Morgan fingerprint density at radius 1 is 1.14 bits per heavy atom. The van der Waals surface area contributed by atoms with Gasteiger partial charge in [-0.05, 0) is 42.9 Å². The monoisotopic (exact) mass is 432 g/mol. The van der Waals surface area contributed by atoms with Crippen LogP contribution in [0.2, 0.25) is 0 Å². The highest BCUT2D eigenvalue weighted by Gasteiger charge is 2.31. The van der Waals surface area contributed by atoms with Crippen LogP contribution in [-0.4, -0.2) is 46.8 Å². The second-order valence-electron chi connectivity index (χ2n) is 5.93. The second kappa shape index (κ2) is 8.70. The van der Waals surface area contributed by atoms with Gasteiger partial charge >= 0.3 is 6.36 Å². The minimum atomic E-state index is -4.78. The van der Waals surface area contributed by atoms with Crippen LogP contribution in [0, 0.1) is 0 Å². The molecule has 0 spiro atoms. The normalized spacial score (nSPS) is 11.8. The van der Waals surface area contributed by atoms with Gasteiger partial charge in [-0.2, -0.15) is 0 Å². The largest absolute Gasteiger partial charge is 0.573 e. The topological polar surface area (TPSA) is 84.9 Å². The van der Waals surface area contributed by atoms with Gasteiger partial charge in [0.15, 0.2) is 0 Å². The summed E-state index contributed by atoms with van der Waals surface area (Å²) in [6, 6.07) is 9.08. The van der Waals surface area contributed by atoms with Crippen LogP contribution in [0.4, 0.5) is 13.2 Å². The summed E-state index contributed by atoms with van der Waals surface area (Å²) in [4.78, 5) is 13.8. The van der Waals surface area contributed by atoms with E-state index >= 15 is 0 Å². The number of nitrogens with zero attached hydrogens (tertiary/aromatic N) is 1. The van der Waals surface area contributed by atoms with E-state index in [1.807, 2.05) is 0 Å². The van der Waals surface area contributed by atoms with Crippen molar-refractivity contribution in [2.75, 3.05) is 21.2 Å². The Bertz CT molecular complexity index is 976. The van der Waals surface area contributed by atoms with E-state index in [4.69, 9.17) is 4.74 Å². The summed E-state index contributed by atoms with van der Waals surface area (Å²) in [6.45, 7) is 0.0886. The Labute approximate surface area is 166 Å². The minimum Gasteiger partial charge on any atom is -0.495 e. The summed E-state index contributed by atoms with van der Waals surface area (Å²) in [6.07, 6.45) is -4.78. The molecule has 0 aliphatic heterocycles. The van der Waals surface area contributed by atoms with Crippen LogP contribution >= 0.6 is 0 Å². The van der Waals surface area contributed by atoms with Crippen molar-refractivity contribution in [1.82, 2.24) is 9.62 Å². The van der Waals surface area contributed by atoms with E-state index in [1.54, 1.807) is 0 Å². The summed E-state index contributed by atoms with van der Waals surface area (Å²) in [5.74, 6) is -0.762. The Hall–Kier alpha value is -2.79. The molecule has 0 heterocycles. The molecular formula is C18H19F3N2O5S. The predicted molar refractivity (Wildman–Crippen MR) is 98.2 cm³/mol. The fraction of sp³-hybridized carbons (Fsp3) is 0.278. The highest BCUT2D eigenvalue weighted by Crippen LogP contribution is 2.26. The molecule has 0 saturated heterocycles. The smallest absolute Gasteiger partial charge is 0.495 e. The number of amides is 1. The number of benzene rings is 2. The molecule has 0 aromatic heterocycles. The third-order valence-electron chi connectivity index (χ3n) is 3.89. The molecule has 158 valence electrons. The first-order valence-electron chi connectivity index (χ1n) is 8.18. The molecule has 1 amide bonds. The zero-order valence-electron chi connectivity index (χ0n) is 15.8. The molecule has 2 rings (SSSR count). The summed E-state index contributed by atoms with van der Waals surface area (Å²) < 4.78 is 71.9. The number of ether oxygens (including phenoxy) is 2. The number of hydrogen-bond acceptors (Lipinski definition) is 5. The van der Waals surface area contributed by atoms with Crippen LogP contribution in [0.3, 0.4) is 0 Å². The zero-order valence-corrected chi connectivity index (χ0v) is 16.6. The Balaban J connectivity index is 2.19. The highest BCUT2D eigenvalue weighted by atomic mass is 32.2. The van der Waals surface area contributed by atoms with E-state index in [0.29, 0.717) is 5.56 Å². The molecule has 0 radical (unpaired) electrons. The average Bonchev–Trinajstić information content (AvgIpc) is 2.67. The fourth-order valence-electron chi connectivity index (χ4n) is 2.49. The lowest BCUT2D eigenvalue weighted by atomic mass is 10.1. The van der Waals surface area contributed by atoms with Crippen LogP contribution in [0.25, 0.3) is 0 Å². The number of hydrogen-bond donors (Lipinski definition) is 1. The highest BCUT2D eigenvalue weighted by molar-refractivity contribution is 7.89. The lowest BCUT2D eigenvalue weighted by molar-refractivity contribution is -0.274. The van der Waals surface area contributed by atoms with Gasteiger partial charge in [0.1, 0.15) is 16.4 Å². The standard InChI is InChI=1S/C18H19F3N2O5S/c1-22-29(25,26)16-10-13(6-9-15(16)27-3)17(24)23(2)11-12-4-7-14(8-5-12)28-18(19,20)21/h4-10,22H,11H2,1-3H3. The first-order valence-corrected chi connectivity index (χ1v) is 9.67. The first-order chi connectivity index (χ1) is 13.5. The predicted octanol–water partition coefficient (Wildman–Crippen LogP) is 2.77. The van der Waals surface area contributed by atoms with Crippen molar-refractivity contribution in [3.05, 3.63) is 53.6 Å². The Morgan fingerprint density at radius 3 is 2.28 bits per heavy atom. The Kier molecular flexibility index (Phi) is 6.75. The molecule has 11 heteroatoms. The SMILES string of the molecule is CNS(=O)(=O)c1cc(C(=O)N(C)Cc2ccc(OC(F)(F)F)cc2)ccc1OC. The maximum absolute atomic E-state index is 12.7. The van der Waals surface area contributed by atoms with Crippen LogP contribution in [0.5, 0.6) is 11.5 Å². The number of carbonyl (C=O) groups excluding carboxylic acids is 1. The quantitative estimate of drug-likeness (QED) is 0.727. The molecule has 0 saturated carbocycles. The van der Waals surface area contributed by atoms with Crippen LogP contribution < -0.4 is 14.2 Å². The summed E-state index contributed by atoms with van der Waals surface area (Å²) >= 11 is 0. The molecule has 29 heavy (non-hydrogen) atoms. The van der Waals surface area contributed by atoms with Crippen molar-refractivity contribution in [2.24, 2.45) is 0 Å². The third kappa shape index (κ3) is 5.84. The van der Waals surface area contributed by atoms with Gasteiger partial charge in [-0.15, -0.1) is 13.2 Å². The molecule has 0 unspecified atom stereocenters. The van der Waals surface area contributed by atoms with Crippen molar-refractivity contribution in [3.8, 4) is 11.5 Å². The van der Waals surface area contributed by atoms with Crippen molar-refractivity contribution < 1.29 is 35.9 Å². The van der Waals surface area contributed by atoms with E-state index in [0.717, 1.165) is 12.1 Å². The molecular weight excluding hydrogens is 413 g/mol. The van der Waals surface area contributed by atoms with Crippen LogP contribution in [0.15, 0.2) is 47.4 Å². The van der Waals surface area contributed by atoms with Gasteiger partial charge in [-0.25, -0.2) is 13.1 Å². The Morgan fingerprint density at radius 2 is 1.76 bits per heavy atom.